The normalized spacial score (nSPS) is 19.8. The summed E-state index contributed by atoms with van der Waals surface area (Å²) in [6, 6.07) is 3.77. The zero-order valence-electron chi connectivity index (χ0n) is 6.69. The van der Waals surface area contributed by atoms with E-state index in [9.17, 15) is 0 Å². The van der Waals surface area contributed by atoms with Crippen LogP contribution in [0.4, 0.5) is 0 Å². The predicted molar refractivity (Wildman–Crippen MR) is 58.4 cm³/mol. The molecule has 1 nitrogen and oxygen atoms in total. The van der Waals surface area contributed by atoms with E-state index in [-0.39, 0.29) is 6.10 Å². The molecule has 1 atom stereocenters. The molecule has 0 radical (unpaired) electrons. The number of alkyl halides is 1. The van der Waals surface area contributed by atoms with Crippen LogP contribution >= 0.6 is 39.1 Å². The summed E-state index contributed by atoms with van der Waals surface area (Å²) in [5.74, 6) is 0.749. The number of ether oxygens (including phenoxy) is 1. The summed E-state index contributed by atoms with van der Waals surface area (Å²) < 4.78 is 5.60. The summed E-state index contributed by atoms with van der Waals surface area (Å²) in [6.45, 7) is 0. The van der Waals surface area contributed by atoms with Crippen molar-refractivity contribution in [2.24, 2.45) is 0 Å². The second-order valence-electron chi connectivity index (χ2n) is 2.95. The Balaban J connectivity index is 2.40. The first kappa shape index (κ1) is 9.63. The van der Waals surface area contributed by atoms with Gasteiger partial charge in [-0.2, -0.15) is 0 Å². The maximum atomic E-state index is 5.99. The van der Waals surface area contributed by atoms with E-state index in [1.165, 1.54) is 0 Å². The van der Waals surface area contributed by atoms with Crippen molar-refractivity contribution in [3.8, 4) is 5.75 Å². The molecule has 1 aromatic carbocycles. The number of hydrogen-bond acceptors (Lipinski definition) is 1. The molecule has 70 valence electrons. The van der Waals surface area contributed by atoms with Gasteiger partial charge >= 0.3 is 0 Å². The molecule has 0 spiro atoms. The lowest BCUT2D eigenvalue weighted by atomic mass is 10.1. The van der Waals surface area contributed by atoms with Crippen LogP contribution in [0, 0.1) is 0 Å². The fourth-order valence-corrected chi connectivity index (χ4v) is 2.14. The lowest BCUT2D eigenvalue weighted by molar-refractivity contribution is 0.261. The van der Waals surface area contributed by atoms with Gasteiger partial charge in [0, 0.05) is 11.8 Å². The maximum Gasteiger partial charge on any atom is 0.143 e. The first-order valence-corrected chi connectivity index (χ1v) is 5.79. The van der Waals surface area contributed by atoms with E-state index in [0.717, 1.165) is 23.1 Å². The van der Waals surface area contributed by atoms with Crippen molar-refractivity contribution in [2.45, 2.75) is 12.5 Å². The highest BCUT2D eigenvalue weighted by Crippen LogP contribution is 2.40. The fourth-order valence-electron chi connectivity index (χ4n) is 1.40. The van der Waals surface area contributed by atoms with Gasteiger partial charge < -0.3 is 4.74 Å². The largest absolute Gasteiger partial charge is 0.487 e. The molecule has 0 amide bonds. The lowest BCUT2D eigenvalue weighted by Gasteiger charge is -2.06. The monoisotopic (exact) mass is 280 g/mol. The Morgan fingerprint density at radius 1 is 1.46 bits per heavy atom. The molecule has 0 aliphatic carbocycles. The van der Waals surface area contributed by atoms with Gasteiger partial charge in [0.2, 0.25) is 0 Å². The molecule has 1 unspecified atom stereocenters. The highest BCUT2D eigenvalue weighted by Gasteiger charge is 2.25. The second-order valence-corrected chi connectivity index (χ2v) is 4.38. The van der Waals surface area contributed by atoms with Gasteiger partial charge in [0.05, 0.1) is 5.02 Å². The van der Waals surface area contributed by atoms with Gasteiger partial charge in [0.25, 0.3) is 0 Å². The van der Waals surface area contributed by atoms with Crippen molar-refractivity contribution >= 4 is 39.1 Å². The zero-order chi connectivity index (χ0) is 9.42. The summed E-state index contributed by atoms with van der Waals surface area (Å²) >= 11 is 15.2. The third-order valence-corrected chi connectivity index (χ3v) is 3.54. The van der Waals surface area contributed by atoms with Crippen molar-refractivity contribution in [1.29, 1.82) is 0 Å². The number of hydrogen-bond donors (Lipinski definition) is 0. The van der Waals surface area contributed by atoms with Crippen LogP contribution in [0.1, 0.15) is 5.56 Å². The summed E-state index contributed by atoms with van der Waals surface area (Å²) in [7, 11) is 0. The Labute approximate surface area is 95.1 Å². The molecule has 0 N–H and O–H groups in total. The molecule has 0 saturated carbocycles. The Hall–Kier alpha value is 0.0800. The van der Waals surface area contributed by atoms with Crippen LogP contribution < -0.4 is 4.74 Å². The summed E-state index contributed by atoms with van der Waals surface area (Å²) in [6.07, 6.45) is 1.09. The Morgan fingerprint density at radius 2 is 2.23 bits per heavy atom. The number of rotatable bonds is 1. The third-order valence-electron chi connectivity index (χ3n) is 2.04. The van der Waals surface area contributed by atoms with Gasteiger partial charge in [-0.3, -0.25) is 0 Å². The van der Waals surface area contributed by atoms with E-state index in [1.807, 2.05) is 12.1 Å². The SMILES string of the molecule is Clc1ccc2c(c1Cl)OC(CBr)C2. The lowest BCUT2D eigenvalue weighted by Crippen LogP contribution is -2.13. The predicted octanol–water partition coefficient (Wildman–Crippen LogP) is 3.69. The number of fused-ring (bicyclic) bond motifs is 1. The topological polar surface area (TPSA) is 9.23 Å². The van der Waals surface area contributed by atoms with Crippen LogP contribution in [0.2, 0.25) is 10.0 Å². The van der Waals surface area contributed by atoms with E-state index in [4.69, 9.17) is 27.9 Å². The van der Waals surface area contributed by atoms with Crippen molar-refractivity contribution < 1.29 is 4.74 Å². The molecule has 2 rings (SSSR count). The molecular formula is C9H7BrCl2O. The minimum Gasteiger partial charge on any atom is -0.487 e. The Morgan fingerprint density at radius 3 is 2.92 bits per heavy atom. The van der Waals surface area contributed by atoms with Gasteiger partial charge in [-0.25, -0.2) is 0 Å². The minimum absolute atomic E-state index is 0.186. The van der Waals surface area contributed by atoms with Crippen molar-refractivity contribution in [3.05, 3.63) is 27.7 Å². The van der Waals surface area contributed by atoms with Crippen LogP contribution in [0.5, 0.6) is 5.75 Å². The van der Waals surface area contributed by atoms with E-state index in [0.29, 0.717) is 10.0 Å². The fraction of sp³-hybridized carbons (Fsp3) is 0.333. The smallest absolute Gasteiger partial charge is 0.143 e. The molecule has 0 fully saturated rings. The van der Waals surface area contributed by atoms with Gasteiger partial charge in [-0.1, -0.05) is 45.2 Å². The second kappa shape index (κ2) is 3.68. The molecule has 1 aliphatic rings. The van der Waals surface area contributed by atoms with Gasteiger partial charge in [0.1, 0.15) is 16.9 Å². The Bertz CT molecular complexity index is 341. The number of benzene rings is 1. The summed E-state index contributed by atoms with van der Waals surface area (Å²) in [5, 5.41) is 1.90. The molecule has 0 bridgehead atoms. The van der Waals surface area contributed by atoms with Crippen LogP contribution in [-0.4, -0.2) is 11.4 Å². The van der Waals surface area contributed by atoms with Crippen molar-refractivity contribution in [3.63, 3.8) is 0 Å². The first-order chi connectivity index (χ1) is 6.22. The Kier molecular flexibility index (Phi) is 2.72. The van der Waals surface area contributed by atoms with Crippen LogP contribution in [0.15, 0.2) is 12.1 Å². The molecule has 1 heterocycles. The average molecular weight is 282 g/mol. The molecule has 4 heteroatoms. The minimum atomic E-state index is 0.186. The van der Waals surface area contributed by atoms with E-state index < -0.39 is 0 Å². The molecule has 13 heavy (non-hydrogen) atoms. The van der Waals surface area contributed by atoms with Gasteiger partial charge in [0.15, 0.2) is 0 Å². The van der Waals surface area contributed by atoms with E-state index >= 15 is 0 Å². The van der Waals surface area contributed by atoms with Gasteiger partial charge in [-0.15, -0.1) is 0 Å². The number of halogens is 3. The quantitative estimate of drug-likeness (QED) is 0.714. The third kappa shape index (κ3) is 1.67. The van der Waals surface area contributed by atoms with Gasteiger partial charge in [-0.05, 0) is 11.6 Å². The van der Waals surface area contributed by atoms with Crippen LogP contribution in [0.3, 0.4) is 0 Å². The molecule has 0 saturated heterocycles. The van der Waals surface area contributed by atoms with Crippen molar-refractivity contribution in [1.82, 2.24) is 0 Å². The standard InChI is InChI=1S/C9H7BrCl2O/c10-4-6-3-5-1-2-7(11)8(12)9(5)13-6/h1-2,6H,3-4H2. The maximum absolute atomic E-state index is 5.99. The first-order valence-electron chi connectivity index (χ1n) is 3.92. The zero-order valence-corrected chi connectivity index (χ0v) is 9.79. The van der Waals surface area contributed by atoms with Crippen LogP contribution in [0.25, 0.3) is 0 Å². The van der Waals surface area contributed by atoms with E-state index in [1.54, 1.807) is 0 Å². The molecule has 1 aromatic rings. The molecule has 0 aromatic heterocycles. The summed E-state index contributed by atoms with van der Waals surface area (Å²) in [5.41, 5.74) is 1.14. The average Bonchev–Trinajstić information content (AvgIpc) is 2.55. The molecule has 1 aliphatic heterocycles. The highest BCUT2D eigenvalue weighted by atomic mass is 79.9. The summed E-state index contributed by atoms with van der Waals surface area (Å²) in [4.78, 5) is 0. The van der Waals surface area contributed by atoms with Crippen LogP contribution in [-0.2, 0) is 6.42 Å². The van der Waals surface area contributed by atoms with E-state index in [2.05, 4.69) is 15.9 Å². The van der Waals surface area contributed by atoms with Crippen molar-refractivity contribution in [2.75, 3.05) is 5.33 Å². The highest BCUT2D eigenvalue weighted by molar-refractivity contribution is 9.09. The molecular weight excluding hydrogens is 275 g/mol.